The molecule has 26 heavy (non-hydrogen) atoms. The van der Waals surface area contributed by atoms with Gasteiger partial charge in [0.05, 0.1) is 42.8 Å². The van der Waals surface area contributed by atoms with Crippen molar-refractivity contribution in [1.29, 1.82) is 0 Å². The van der Waals surface area contributed by atoms with E-state index in [-0.39, 0.29) is 29.3 Å². The van der Waals surface area contributed by atoms with E-state index in [1.807, 2.05) is 24.3 Å². The summed E-state index contributed by atoms with van der Waals surface area (Å²) in [6.45, 7) is 0.0962. The van der Waals surface area contributed by atoms with Gasteiger partial charge in [-0.15, -0.1) is 0 Å². The molecule has 0 saturated carbocycles. The second-order valence-electron chi connectivity index (χ2n) is 5.36. The third kappa shape index (κ3) is 3.27. The minimum Gasteiger partial charge on any atom is -0.493 e. The highest BCUT2D eigenvalue weighted by atomic mass is 16.6. The van der Waals surface area contributed by atoms with E-state index < -0.39 is 10.8 Å². The molecule has 0 fully saturated rings. The standard InChI is InChI=1S/C17H16N4O5/c1-25-14-7-10(13(21(23)24)8-15(14)26-2)17(22)18-9-16-19-11-5-3-4-6-12(11)20-16/h3-8H,9H2,1-2H3,(H,18,22)(H,19,20). The molecule has 2 aromatic carbocycles. The number of nitro benzene ring substituents is 1. The number of benzene rings is 2. The maximum Gasteiger partial charge on any atom is 0.286 e. The van der Waals surface area contributed by atoms with Crippen LogP contribution in [0.2, 0.25) is 0 Å². The van der Waals surface area contributed by atoms with Crippen molar-refractivity contribution in [2.24, 2.45) is 0 Å². The van der Waals surface area contributed by atoms with Gasteiger partial charge in [0, 0.05) is 6.07 Å². The van der Waals surface area contributed by atoms with Crippen LogP contribution in [0.1, 0.15) is 16.2 Å². The molecule has 9 heteroatoms. The van der Waals surface area contributed by atoms with Crippen molar-refractivity contribution in [1.82, 2.24) is 15.3 Å². The smallest absolute Gasteiger partial charge is 0.286 e. The predicted octanol–water partition coefficient (Wildman–Crippen LogP) is 2.42. The number of fused-ring (bicyclic) bond motifs is 1. The van der Waals surface area contributed by atoms with Crippen LogP contribution in [0, 0.1) is 10.1 Å². The van der Waals surface area contributed by atoms with Crippen molar-refractivity contribution in [2.75, 3.05) is 14.2 Å². The van der Waals surface area contributed by atoms with E-state index in [1.54, 1.807) is 0 Å². The van der Waals surface area contributed by atoms with Gasteiger partial charge in [0.1, 0.15) is 11.4 Å². The second kappa shape index (κ2) is 7.09. The SMILES string of the molecule is COc1cc(C(=O)NCc2nc3ccccc3[nH]2)c([N+](=O)[O-])cc1OC. The number of rotatable bonds is 6. The van der Waals surface area contributed by atoms with Crippen LogP contribution in [-0.4, -0.2) is 35.0 Å². The van der Waals surface area contributed by atoms with Gasteiger partial charge < -0.3 is 19.8 Å². The Kier molecular flexibility index (Phi) is 4.70. The van der Waals surface area contributed by atoms with Gasteiger partial charge in [-0.2, -0.15) is 0 Å². The number of carbonyl (C=O) groups excluding carboxylic acids is 1. The molecule has 0 saturated heterocycles. The highest BCUT2D eigenvalue weighted by molar-refractivity contribution is 5.99. The number of nitrogens with zero attached hydrogens (tertiary/aromatic N) is 2. The summed E-state index contributed by atoms with van der Waals surface area (Å²) in [6.07, 6.45) is 0. The van der Waals surface area contributed by atoms with Crippen LogP contribution in [0.3, 0.4) is 0 Å². The Bertz CT molecular complexity index is 949. The number of nitrogens with one attached hydrogen (secondary N) is 2. The quantitative estimate of drug-likeness (QED) is 0.517. The number of carbonyl (C=O) groups is 1. The third-order valence-corrected chi connectivity index (χ3v) is 3.80. The van der Waals surface area contributed by atoms with E-state index in [4.69, 9.17) is 9.47 Å². The van der Waals surface area contributed by atoms with Crippen LogP contribution in [-0.2, 0) is 6.54 Å². The third-order valence-electron chi connectivity index (χ3n) is 3.80. The van der Waals surface area contributed by atoms with Crippen LogP contribution in [0.4, 0.5) is 5.69 Å². The van der Waals surface area contributed by atoms with Gasteiger partial charge in [-0.05, 0) is 12.1 Å². The summed E-state index contributed by atoms with van der Waals surface area (Å²) in [5.74, 6) is 0.334. The molecule has 0 bridgehead atoms. The molecule has 134 valence electrons. The molecular formula is C17H16N4O5. The van der Waals surface area contributed by atoms with E-state index in [1.165, 1.54) is 20.3 Å². The largest absolute Gasteiger partial charge is 0.493 e. The first-order valence-electron chi connectivity index (χ1n) is 7.65. The van der Waals surface area contributed by atoms with Crippen LogP contribution >= 0.6 is 0 Å². The first-order chi connectivity index (χ1) is 12.5. The summed E-state index contributed by atoms with van der Waals surface area (Å²) in [7, 11) is 2.75. The van der Waals surface area contributed by atoms with E-state index in [9.17, 15) is 14.9 Å². The minimum absolute atomic E-state index is 0.0962. The van der Waals surface area contributed by atoms with Crippen LogP contribution in [0.15, 0.2) is 36.4 Å². The lowest BCUT2D eigenvalue weighted by Crippen LogP contribution is -2.24. The zero-order chi connectivity index (χ0) is 18.7. The van der Waals surface area contributed by atoms with E-state index in [0.717, 1.165) is 17.1 Å². The van der Waals surface area contributed by atoms with Crippen LogP contribution < -0.4 is 14.8 Å². The van der Waals surface area contributed by atoms with Crippen LogP contribution in [0.5, 0.6) is 11.5 Å². The van der Waals surface area contributed by atoms with E-state index >= 15 is 0 Å². The van der Waals surface area contributed by atoms with Crippen molar-refractivity contribution in [3.63, 3.8) is 0 Å². The number of para-hydroxylation sites is 2. The lowest BCUT2D eigenvalue weighted by molar-refractivity contribution is -0.385. The molecule has 1 amide bonds. The molecule has 0 spiro atoms. The zero-order valence-electron chi connectivity index (χ0n) is 14.1. The average molecular weight is 356 g/mol. The fourth-order valence-electron chi connectivity index (χ4n) is 2.55. The summed E-state index contributed by atoms with van der Waals surface area (Å²) in [4.78, 5) is 30.6. The highest BCUT2D eigenvalue weighted by Crippen LogP contribution is 2.34. The zero-order valence-corrected chi connectivity index (χ0v) is 14.1. The Hall–Kier alpha value is -3.62. The molecule has 2 N–H and O–H groups in total. The van der Waals surface area contributed by atoms with Crippen molar-refractivity contribution in [2.45, 2.75) is 6.54 Å². The molecule has 0 aliphatic carbocycles. The maximum atomic E-state index is 12.5. The van der Waals surface area contributed by atoms with E-state index in [2.05, 4.69) is 15.3 Å². The topological polar surface area (TPSA) is 119 Å². The summed E-state index contributed by atoms with van der Waals surface area (Å²) >= 11 is 0. The number of amides is 1. The lowest BCUT2D eigenvalue weighted by atomic mass is 10.1. The Morgan fingerprint density at radius 1 is 1.23 bits per heavy atom. The first-order valence-corrected chi connectivity index (χ1v) is 7.65. The van der Waals surface area contributed by atoms with Crippen molar-refractivity contribution in [3.05, 3.63) is 57.9 Å². The predicted molar refractivity (Wildman–Crippen MR) is 93.5 cm³/mol. The second-order valence-corrected chi connectivity index (χ2v) is 5.36. The number of hydrogen-bond acceptors (Lipinski definition) is 6. The molecule has 9 nitrogen and oxygen atoms in total. The summed E-state index contributed by atoms with van der Waals surface area (Å²) in [6, 6.07) is 9.89. The molecule has 0 aliphatic rings. The fourth-order valence-corrected chi connectivity index (χ4v) is 2.55. The summed E-state index contributed by atoms with van der Waals surface area (Å²) in [5, 5.41) is 13.9. The van der Waals surface area contributed by atoms with Gasteiger partial charge in [0.2, 0.25) is 0 Å². The number of aromatic amines is 1. The number of aromatic nitrogens is 2. The molecule has 0 aliphatic heterocycles. The number of methoxy groups -OCH3 is 2. The lowest BCUT2D eigenvalue weighted by Gasteiger charge is -2.10. The summed E-state index contributed by atoms with van der Waals surface area (Å²) in [5.41, 5.74) is 1.12. The fraction of sp³-hybridized carbons (Fsp3) is 0.176. The first kappa shape index (κ1) is 17.2. The number of ether oxygens (including phenoxy) is 2. The normalized spacial score (nSPS) is 10.5. The van der Waals surface area contributed by atoms with Crippen LogP contribution in [0.25, 0.3) is 11.0 Å². The number of H-pyrrole nitrogens is 1. The van der Waals surface area contributed by atoms with Crippen molar-refractivity contribution in [3.8, 4) is 11.5 Å². The Morgan fingerprint density at radius 2 is 1.92 bits per heavy atom. The Labute approximate surface area is 148 Å². The molecule has 3 aromatic rings. The Balaban J connectivity index is 1.85. The average Bonchev–Trinajstić information content (AvgIpc) is 3.07. The molecular weight excluding hydrogens is 340 g/mol. The van der Waals surface area contributed by atoms with Gasteiger partial charge in [-0.1, -0.05) is 12.1 Å². The molecule has 3 rings (SSSR count). The molecule has 1 heterocycles. The highest BCUT2D eigenvalue weighted by Gasteiger charge is 2.24. The monoisotopic (exact) mass is 356 g/mol. The number of hydrogen-bond donors (Lipinski definition) is 2. The molecule has 0 radical (unpaired) electrons. The van der Waals surface area contributed by atoms with E-state index in [0.29, 0.717) is 5.82 Å². The molecule has 0 atom stereocenters. The van der Waals surface area contributed by atoms with Gasteiger partial charge in [-0.3, -0.25) is 14.9 Å². The van der Waals surface area contributed by atoms with Gasteiger partial charge in [-0.25, -0.2) is 4.98 Å². The van der Waals surface area contributed by atoms with Gasteiger partial charge in [0.25, 0.3) is 11.6 Å². The van der Waals surface area contributed by atoms with Crippen molar-refractivity contribution < 1.29 is 19.2 Å². The number of imidazole rings is 1. The maximum absolute atomic E-state index is 12.5. The molecule has 1 aromatic heterocycles. The van der Waals surface area contributed by atoms with Gasteiger partial charge in [0.15, 0.2) is 11.5 Å². The summed E-state index contributed by atoms with van der Waals surface area (Å²) < 4.78 is 10.2. The molecule has 0 unspecified atom stereocenters. The Morgan fingerprint density at radius 3 is 2.58 bits per heavy atom. The minimum atomic E-state index is -0.641. The van der Waals surface area contributed by atoms with Gasteiger partial charge >= 0.3 is 0 Å². The van der Waals surface area contributed by atoms with Crippen molar-refractivity contribution >= 4 is 22.6 Å². The number of nitro groups is 1.